The van der Waals surface area contributed by atoms with Crippen LogP contribution in [0.2, 0.25) is 0 Å². The summed E-state index contributed by atoms with van der Waals surface area (Å²) in [5.41, 5.74) is 0. The Kier molecular flexibility index (Phi) is 48.0. The number of rotatable bonds is 45. The zero-order valence-electron chi connectivity index (χ0n) is 40.8. The first-order chi connectivity index (χ1) is 31.0. The molecular formula is C57H94O6. The van der Waals surface area contributed by atoms with E-state index in [4.69, 9.17) is 14.2 Å². The summed E-state index contributed by atoms with van der Waals surface area (Å²) in [6.45, 7) is 6.32. The third-order valence-electron chi connectivity index (χ3n) is 10.7. The maximum Gasteiger partial charge on any atom is 0.306 e. The van der Waals surface area contributed by atoms with Crippen molar-refractivity contribution in [3.05, 3.63) is 97.2 Å². The zero-order valence-corrected chi connectivity index (χ0v) is 40.8. The normalized spacial score (nSPS) is 12.9. The summed E-state index contributed by atoms with van der Waals surface area (Å²) >= 11 is 0. The summed E-state index contributed by atoms with van der Waals surface area (Å²) in [4.78, 5) is 38.0. The molecule has 0 heterocycles. The summed E-state index contributed by atoms with van der Waals surface area (Å²) in [7, 11) is 0. The van der Waals surface area contributed by atoms with Gasteiger partial charge in [-0.25, -0.2) is 0 Å². The van der Waals surface area contributed by atoms with E-state index >= 15 is 0 Å². The smallest absolute Gasteiger partial charge is 0.306 e. The Bertz CT molecular complexity index is 1280. The van der Waals surface area contributed by atoms with Crippen LogP contribution in [0, 0.1) is 0 Å². The van der Waals surface area contributed by atoms with Crippen molar-refractivity contribution in [2.75, 3.05) is 13.2 Å². The molecule has 0 amide bonds. The molecule has 0 rings (SSSR count). The highest BCUT2D eigenvalue weighted by Crippen LogP contribution is 2.15. The molecule has 0 bridgehead atoms. The van der Waals surface area contributed by atoms with Gasteiger partial charge in [0.2, 0.25) is 0 Å². The lowest BCUT2D eigenvalue weighted by molar-refractivity contribution is -0.167. The number of allylic oxidation sites excluding steroid dienone is 16. The van der Waals surface area contributed by atoms with Gasteiger partial charge in [-0.05, 0) is 77.0 Å². The number of hydrogen-bond donors (Lipinski definition) is 0. The molecule has 0 N–H and O–H groups in total. The van der Waals surface area contributed by atoms with Crippen molar-refractivity contribution in [3.63, 3.8) is 0 Å². The SMILES string of the molecule is CC\C=C/C=C\C=C/C=C\CCCCCC(=O)OCC(COC(=O)CCCCC/C=C\C/C=C\C/C=C\C/C=C\CC)OC(=O)CCCCCCCCCCCCCCCCCC. The van der Waals surface area contributed by atoms with E-state index in [1.54, 1.807) is 0 Å². The number of ether oxygens (including phenoxy) is 3. The number of unbranched alkanes of at least 4 members (excludes halogenated alkanes) is 21. The Morgan fingerprint density at radius 1 is 0.349 bits per heavy atom. The Labute approximate surface area is 387 Å². The predicted molar refractivity (Wildman–Crippen MR) is 270 cm³/mol. The van der Waals surface area contributed by atoms with Crippen molar-refractivity contribution in [2.24, 2.45) is 0 Å². The van der Waals surface area contributed by atoms with Crippen LogP contribution in [-0.4, -0.2) is 37.2 Å². The molecule has 0 radical (unpaired) electrons. The standard InChI is InChI=1S/C57H94O6/c1-4-7-10-13-16-19-22-25-27-29-32-35-38-41-44-47-50-56(59)62-53-54(52-61-55(58)49-46-43-40-37-34-31-24-21-18-15-12-9-6-3)63-57(60)51-48-45-42-39-36-33-30-28-26-23-20-17-14-11-8-5-2/h7,9-10,12,15-16,18-19,21,24-25,27,31-32,34-35,54H,4-6,8,11,13-14,17,20,22-23,26,28-30,33,36-53H2,1-3H3/b10-7-,12-9-,18-15-,19-16-,24-21-,27-25-,34-31-,35-32-. The summed E-state index contributed by atoms with van der Waals surface area (Å²) in [6.07, 6.45) is 66.8. The first kappa shape index (κ1) is 59.3. The molecule has 0 aromatic heterocycles. The second kappa shape index (κ2) is 51.0. The molecule has 6 nitrogen and oxygen atoms in total. The van der Waals surface area contributed by atoms with Crippen molar-refractivity contribution in [2.45, 2.75) is 232 Å². The number of esters is 3. The summed E-state index contributed by atoms with van der Waals surface area (Å²) in [5, 5.41) is 0. The van der Waals surface area contributed by atoms with Crippen LogP contribution in [-0.2, 0) is 28.6 Å². The van der Waals surface area contributed by atoms with Crippen LogP contribution in [0.15, 0.2) is 97.2 Å². The first-order valence-corrected chi connectivity index (χ1v) is 25.8. The van der Waals surface area contributed by atoms with E-state index in [9.17, 15) is 14.4 Å². The summed E-state index contributed by atoms with van der Waals surface area (Å²) < 4.78 is 16.7. The van der Waals surface area contributed by atoms with E-state index in [2.05, 4.69) is 81.5 Å². The van der Waals surface area contributed by atoms with Crippen LogP contribution in [0.4, 0.5) is 0 Å². The molecule has 0 aromatic rings. The molecule has 1 atom stereocenters. The second-order valence-corrected chi connectivity index (χ2v) is 16.8. The lowest BCUT2D eigenvalue weighted by Gasteiger charge is -2.18. The third kappa shape index (κ3) is 49.2. The van der Waals surface area contributed by atoms with E-state index in [1.165, 1.54) is 83.5 Å². The fourth-order valence-electron chi connectivity index (χ4n) is 6.85. The molecule has 63 heavy (non-hydrogen) atoms. The maximum absolute atomic E-state index is 12.8. The minimum absolute atomic E-state index is 0.106. The summed E-state index contributed by atoms with van der Waals surface area (Å²) in [5.74, 6) is -0.974. The van der Waals surface area contributed by atoms with Gasteiger partial charge in [0, 0.05) is 19.3 Å². The van der Waals surface area contributed by atoms with Crippen LogP contribution in [0.25, 0.3) is 0 Å². The van der Waals surface area contributed by atoms with Crippen LogP contribution in [0.1, 0.15) is 226 Å². The number of hydrogen-bond acceptors (Lipinski definition) is 6. The van der Waals surface area contributed by atoms with Gasteiger partial charge in [-0.1, -0.05) is 227 Å². The molecule has 1 unspecified atom stereocenters. The summed E-state index contributed by atoms with van der Waals surface area (Å²) in [6, 6.07) is 0. The van der Waals surface area contributed by atoms with E-state index in [0.29, 0.717) is 19.3 Å². The highest BCUT2D eigenvalue weighted by Gasteiger charge is 2.19. The van der Waals surface area contributed by atoms with Gasteiger partial charge in [-0.2, -0.15) is 0 Å². The zero-order chi connectivity index (χ0) is 45.8. The monoisotopic (exact) mass is 875 g/mol. The molecule has 0 fully saturated rings. The third-order valence-corrected chi connectivity index (χ3v) is 10.7. The minimum Gasteiger partial charge on any atom is -0.462 e. The molecule has 358 valence electrons. The molecule has 0 aliphatic heterocycles. The molecule has 0 aliphatic rings. The van der Waals surface area contributed by atoms with Gasteiger partial charge in [-0.15, -0.1) is 0 Å². The van der Waals surface area contributed by atoms with Gasteiger partial charge in [0.15, 0.2) is 6.10 Å². The van der Waals surface area contributed by atoms with Crippen molar-refractivity contribution < 1.29 is 28.6 Å². The predicted octanol–water partition coefficient (Wildman–Crippen LogP) is 17.0. The lowest BCUT2D eigenvalue weighted by atomic mass is 10.0. The van der Waals surface area contributed by atoms with Gasteiger partial charge >= 0.3 is 17.9 Å². The average Bonchev–Trinajstić information content (AvgIpc) is 3.28. The van der Waals surface area contributed by atoms with E-state index < -0.39 is 6.10 Å². The number of carbonyl (C=O) groups excluding carboxylic acids is 3. The van der Waals surface area contributed by atoms with Crippen LogP contribution < -0.4 is 0 Å². The van der Waals surface area contributed by atoms with Crippen molar-refractivity contribution in [1.82, 2.24) is 0 Å². The van der Waals surface area contributed by atoms with Crippen molar-refractivity contribution >= 4 is 17.9 Å². The molecule has 0 aromatic carbocycles. The van der Waals surface area contributed by atoms with Gasteiger partial charge in [-0.3, -0.25) is 14.4 Å². The molecule has 0 saturated heterocycles. The maximum atomic E-state index is 12.8. The Morgan fingerprint density at radius 2 is 0.698 bits per heavy atom. The van der Waals surface area contributed by atoms with Crippen LogP contribution in [0.3, 0.4) is 0 Å². The van der Waals surface area contributed by atoms with Gasteiger partial charge in [0.1, 0.15) is 13.2 Å². The largest absolute Gasteiger partial charge is 0.462 e. The van der Waals surface area contributed by atoms with Crippen molar-refractivity contribution in [3.8, 4) is 0 Å². The van der Waals surface area contributed by atoms with E-state index in [0.717, 1.165) is 103 Å². The van der Waals surface area contributed by atoms with Crippen LogP contribution in [0.5, 0.6) is 0 Å². The van der Waals surface area contributed by atoms with Gasteiger partial charge < -0.3 is 14.2 Å². The Morgan fingerprint density at radius 3 is 1.16 bits per heavy atom. The molecule has 6 heteroatoms. The van der Waals surface area contributed by atoms with Gasteiger partial charge in [0.25, 0.3) is 0 Å². The molecule has 0 aliphatic carbocycles. The Balaban J connectivity index is 4.48. The lowest BCUT2D eigenvalue weighted by Crippen LogP contribution is -2.30. The quantitative estimate of drug-likeness (QED) is 0.0199. The first-order valence-electron chi connectivity index (χ1n) is 25.8. The highest BCUT2D eigenvalue weighted by molar-refractivity contribution is 5.71. The Hall–Kier alpha value is -3.67. The van der Waals surface area contributed by atoms with Crippen LogP contribution >= 0.6 is 0 Å². The average molecular weight is 875 g/mol. The number of carbonyl (C=O) groups is 3. The minimum atomic E-state index is -0.805. The van der Waals surface area contributed by atoms with E-state index in [-0.39, 0.29) is 31.1 Å². The topological polar surface area (TPSA) is 78.9 Å². The molecule has 0 spiro atoms. The second-order valence-electron chi connectivity index (χ2n) is 16.8. The van der Waals surface area contributed by atoms with Gasteiger partial charge in [0.05, 0.1) is 0 Å². The fourth-order valence-corrected chi connectivity index (χ4v) is 6.85. The fraction of sp³-hybridized carbons (Fsp3) is 0.667. The molecular weight excluding hydrogens is 781 g/mol. The van der Waals surface area contributed by atoms with E-state index in [1.807, 2.05) is 36.5 Å². The highest BCUT2D eigenvalue weighted by atomic mass is 16.6. The van der Waals surface area contributed by atoms with Crippen molar-refractivity contribution in [1.29, 1.82) is 0 Å². The molecule has 0 saturated carbocycles.